The van der Waals surface area contributed by atoms with E-state index < -0.39 is 33.1 Å². The second-order valence-electron chi connectivity index (χ2n) is 6.98. The van der Waals surface area contributed by atoms with E-state index in [9.17, 15) is 30.8 Å². The van der Waals surface area contributed by atoms with Crippen LogP contribution in [0.25, 0.3) is 27.7 Å². The van der Waals surface area contributed by atoms with Crippen LogP contribution in [0.3, 0.4) is 0 Å². The Balaban J connectivity index is 1.97. The topological polar surface area (TPSA) is 94.8 Å². The Morgan fingerprint density at radius 3 is 2.33 bits per heavy atom. The highest BCUT2D eigenvalue weighted by Crippen LogP contribution is 2.31. The minimum atomic E-state index is -4.67. The highest BCUT2D eigenvalue weighted by atomic mass is 32.2. The predicted octanol–water partition coefficient (Wildman–Crippen LogP) is 3.79. The lowest BCUT2D eigenvalue weighted by molar-refractivity contribution is -0.137. The molecular formula is C21H14F4N4O3S. The van der Waals surface area contributed by atoms with Gasteiger partial charge in [0.2, 0.25) is 5.95 Å². The Hall–Kier alpha value is -3.67. The van der Waals surface area contributed by atoms with Crippen molar-refractivity contribution >= 4 is 20.6 Å². The van der Waals surface area contributed by atoms with Gasteiger partial charge in [-0.1, -0.05) is 13.0 Å². The molecule has 0 unspecified atom stereocenters. The van der Waals surface area contributed by atoms with E-state index in [1.807, 2.05) is 0 Å². The number of alkyl halides is 3. The minimum Gasteiger partial charge on any atom is -0.267 e. The predicted molar refractivity (Wildman–Crippen MR) is 111 cm³/mol. The molecule has 33 heavy (non-hydrogen) atoms. The number of benzene rings is 1. The number of fused-ring (bicyclic) bond motifs is 1. The smallest absolute Gasteiger partial charge is 0.267 e. The molecule has 3 aromatic heterocycles. The van der Waals surface area contributed by atoms with E-state index in [1.165, 1.54) is 31.5 Å². The first kappa shape index (κ1) is 22.5. The molecule has 7 nitrogen and oxygen atoms in total. The summed E-state index contributed by atoms with van der Waals surface area (Å²) in [6.45, 7) is 1.39. The van der Waals surface area contributed by atoms with Crippen LogP contribution in [0.2, 0.25) is 0 Å². The maximum absolute atomic E-state index is 13.1. The Morgan fingerprint density at radius 2 is 1.70 bits per heavy atom. The van der Waals surface area contributed by atoms with Crippen molar-refractivity contribution in [3.63, 3.8) is 0 Å². The summed E-state index contributed by atoms with van der Waals surface area (Å²) < 4.78 is 78.7. The molecule has 0 spiro atoms. The molecule has 0 amide bonds. The molecule has 4 aromatic rings. The number of aromatic nitrogens is 4. The van der Waals surface area contributed by atoms with Crippen LogP contribution in [0.4, 0.5) is 17.6 Å². The minimum absolute atomic E-state index is 0.151. The molecular weight excluding hydrogens is 464 g/mol. The highest BCUT2D eigenvalue weighted by Gasteiger charge is 2.31. The van der Waals surface area contributed by atoms with Gasteiger partial charge in [-0.3, -0.25) is 4.79 Å². The summed E-state index contributed by atoms with van der Waals surface area (Å²) >= 11 is 0. The maximum atomic E-state index is 13.1. The van der Waals surface area contributed by atoms with Gasteiger partial charge < -0.3 is 0 Å². The van der Waals surface area contributed by atoms with Crippen molar-refractivity contribution in [1.82, 2.24) is 19.7 Å². The van der Waals surface area contributed by atoms with Crippen LogP contribution < -0.4 is 5.56 Å². The van der Waals surface area contributed by atoms with E-state index in [4.69, 9.17) is 0 Å². The van der Waals surface area contributed by atoms with Crippen molar-refractivity contribution in [2.24, 2.45) is 0 Å². The fourth-order valence-electron chi connectivity index (χ4n) is 3.15. The normalized spacial score (nSPS) is 12.3. The molecule has 0 aliphatic carbocycles. The van der Waals surface area contributed by atoms with Gasteiger partial charge in [-0.05, 0) is 30.3 Å². The zero-order chi connectivity index (χ0) is 24.0. The number of hydrogen-bond donors (Lipinski definition) is 0. The van der Waals surface area contributed by atoms with Crippen LogP contribution in [0.5, 0.6) is 0 Å². The quantitative estimate of drug-likeness (QED) is 0.327. The first-order chi connectivity index (χ1) is 15.5. The van der Waals surface area contributed by atoms with Crippen molar-refractivity contribution in [3.05, 3.63) is 76.9 Å². The third-order valence-electron chi connectivity index (χ3n) is 4.93. The fourth-order valence-corrected chi connectivity index (χ4v) is 4.19. The van der Waals surface area contributed by atoms with Crippen molar-refractivity contribution in [1.29, 1.82) is 0 Å². The van der Waals surface area contributed by atoms with Gasteiger partial charge in [-0.2, -0.15) is 27.3 Å². The van der Waals surface area contributed by atoms with E-state index in [1.54, 1.807) is 0 Å². The lowest BCUT2D eigenvalue weighted by Gasteiger charge is -2.13. The summed E-state index contributed by atoms with van der Waals surface area (Å²) in [6, 6.07) is 6.32. The van der Waals surface area contributed by atoms with Crippen LogP contribution in [-0.2, 0) is 16.0 Å². The molecule has 1 aromatic carbocycles. The molecule has 0 N–H and O–H groups in total. The molecule has 0 aliphatic rings. The molecule has 0 fully saturated rings. The van der Waals surface area contributed by atoms with Gasteiger partial charge in [0.1, 0.15) is 4.90 Å². The van der Waals surface area contributed by atoms with Gasteiger partial charge in [-0.15, -0.1) is 0 Å². The summed E-state index contributed by atoms with van der Waals surface area (Å²) in [7, 11) is -3.95. The van der Waals surface area contributed by atoms with Gasteiger partial charge >= 0.3 is 6.18 Å². The van der Waals surface area contributed by atoms with Gasteiger partial charge in [-0.25, -0.2) is 18.4 Å². The first-order valence-corrected chi connectivity index (χ1v) is 11.1. The zero-order valence-corrected chi connectivity index (χ0v) is 17.7. The monoisotopic (exact) mass is 478 g/mol. The summed E-state index contributed by atoms with van der Waals surface area (Å²) in [4.78, 5) is 20.3. The Labute approximate surface area is 184 Å². The molecule has 0 aliphatic heterocycles. The molecule has 0 radical (unpaired) electrons. The van der Waals surface area contributed by atoms with Crippen molar-refractivity contribution in [2.75, 3.05) is 5.75 Å². The second kappa shape index (κ2) is 8.03. The molecule has 170 valence electrons. The highest BCUT2D eigenvalue weighted by molar-refractivity contribution is 7.91. The lowest BCUT2D eigenvalue weighted by Crippen LogP contribution is -2.25. The average Bonchev–Trinajstić information content (AvgIpc) is 2.79. The van der Waals surface area contributed by atoms with Gasteiger partial charge in [0.25, 0.3) is 5.56 Å². The SMILES string of the molecule is CCS(=O)(=O)c1cc(-c2ccc(F)nc2)cnc1-n1ncc2ccc(C(F)(F)F)cc2c1=O. The molecule has 0 saturated carbocycles. The number of nitrogens with zero attached hydrogens (tertiary/aromatic N) is 4. The van der Waals surface area contributed by atoms with Crippen LogP contribution in [0, 0.1) is 5.95 Å². The van der Waals surface area contributed by atoms with Crippen LogP contribution in [-0.4, -0.2) is 33.9 Å². The van der Waals surface area contributed by atoms with E-state index in [0.717, 1.165) is 24.4 Å². The average molecular weight is 478 g/mol. The summed E-state index contributed by atoms with van der Waals surface area (Å²) in [6.07, 6.45) is -1.09. The lowest BCUT2D eigenvalue weighted by atomic mass is 10.1. The Morgan fingerprint density at radius 1 is 0.970 bits per heavy atom. The Bertz CT molecular complexity index is 1530. The van der Waals surface area contributed by atoms with Crippen LogP contribution in [0.15, 0.2) is 64.7 Å². The second-order valence-corrected chi connectivity index (χ2v) is 9.23. The van der Waals surface area contributed by atoms with Gasteiger partial charge in [0.05, 0.1) is 22.9 Å². The third-order valence-corrected chi connectivity index (χ3v) is 6.66. The van der Waals surface area contributed by atoms with E-state index in [-0.39, 0.29) is 32.8 Å². The summed E-state index contributed by atoms with van der Waals surface area (Å²) in [5, 5.41) is 3.78. The summed E-state index contributed by atoms with van der Waals surface area (Å²) in [5.74, 6) is -1.43. The standard InChI is InChI=1S/C21H14F4N4O3S/c1-2-33(31,32)17-7-14(12-4-6-18(22)26-9-12)10-27-19(17)29-20(30)16-8-15(21(23,24)25)5-3-13(16)11-28-29/h3-11H,2H2,1H3. The molecule has 0 saturated heterocycles. The van der Waals surface area contributed by atoms with Crippen LogP contribution in [0.1, 0.15) is 12.5 Å². The molecule has 0 bridgehead atoms. The largest absolute Gasteiger partial charge is 0.416 e. The fraction of sp³-hybridized carbons (Fsp3) is 0.143. The van der Waals surface area contributed by atoms with Crippen molar-refractivity contribution < 1.29 is 26.0 Å². The van der Waals surface area contributed by atoms with Gasteiger partial charge in [0, 0.05) is 28.9 Å². The molecule has 12 heteroatoms. The number of sulfone groups is 1. The molecule has 3 heterocycles. The first-order valence-electron chi connectivity index (χ1n) is 9.45. The number of pyridine rings is 2. The van der Waals surface area contributed by atoms with Gasteiger partial charge in [0.15, 0.2) is 15.7 Å². The van der Waals surface area contributed by atoms with E-state index in [2.05, 4.69) is 15.1 Å². The number of rotatable bonds is 4. The van der Waals surface area contributed by atoms with Crippen LogP contribution >= 0.6 is 0 Å². The number of hydrogen-bond acceptors (Lipinski definition) is 6. The maximum Gasteiger partial charge on any atom is 0.416 e. The zero-order valence-electron chi connectivity index (χ0n) is 16.8. The molecule has 0 atom stereocenters. The van der Waals surface area contributed by atoms with E-state index in [0.29, 0.717) is 16.3 Å². The van der Waals surface area contributed by atoms with E-state index >= 15 is 0 Å². The van der Waals surface area contributed by atoms with Crippen molar-refractivity contribution in [3.8, 4) is 16.9 Å². The summed E-state index contributed by atoms with van der Waals surface area (Å²) in [5.41, 5.74) is -1.34. The molecule has 4 rings (SSSR count). The number of halogens is 4. The third kappa shape index (κ3) is 4.21. The van der Waals surface area contributed by atoms with Crippen molar-refractivity contribution in [2.45, 2.75) is 18.0 Å². The Kier molecular flexibility index (Phi) is 5.48.